The third kappa shape index (κ3) is 2.25. The second-order valence-electron chi connectivity index (χ2n) is 1.78. The molecule has 0 amide bonds. The van der Waals surface area contributed by atoms with Gasteiger partial charge in [-0.2, -0.15) is 0 Å². The predicted octanol–water partition coefficient (Wildman–Crippen LogP) is 3.19. The van der Waals surface area contributed by atoms with E-state index >= 15 is 0 Å². The van der Waals surface area contributed by atoms with Crippen molar-refractivity contribution in [3.63, 3.8) is 0 Å². The van der Waals surface area contributed by atoms with E-state index in [9.17, 15) is 0 Å². The summed E-state index contributed by atoms with van der Waals surface area (Å²) in [6, 6.07) is 0. The first-order chi connectivity index (χ1) is 4.29. The van der Waals surface area contributed by atoms with Gasteiger partial charge in [-0.05, 0) is 12.2 Å². The van der Waals surface area contributed by atoms with Crippen molar-refractivity contribution in [2.75, 3.05) is 0 Å². The van der Waals surface area contributed by atoms with E-state index in [0.29, 0.717) is 5.03 Å². The third-order valence-electron chi connectivity index (χ3n) is 0.999. The minimum atomic E-state index is 0.689. The second-order valence-corrected chi connectivity index (χ2v) is 2.70. The maximum absolute atomic E-state index is 5.70. The van der Waals surface area contributed by atoms with Crippen LogP contribution in [0.25, 0.3) is 0 Å². The third-order valence-corrected chi connectivity index (χ3v) is 1.50. The Morgan fingerprint density at radius 3 is 2.89 bits per heavy atom. The average molecular weight is 161 g/mol. The van der Waals surface area contributed by atoms with Crippen molar-refractivity contribution < 1.29 is 0 Å². The number of hydrogen-bond donors (Lipinski definition) is 0. The van der Waals surface area contributed by atoms with Crippen LogP contribution < -0.4 is 0 Å². The fourth-order valence-corrected chi connectivity index (χ4v) is 1.06. The maximum Gasteiger partial charge on any atom is 0.0417 e. The van der Waals surface area contributed by atoms with E-state index in [2.05, 4.69) is 0 Å². The molecule has 0 saturated carbocycles. The summed E-state index contributed by atoms with van der Waals surface area (Å²) in [4.78, 5) is 0. The van der Waals surface area contributed by atoms with E-state index < -0.39 is 0 Å². The van der Waals surface area contributed by atoms with Gasteiger partial charge in [0.25, 0.3) is 0 Å². The lowest BCUT2D eigenvalue weighted by atomic mass is 10.4. The summed E-state index contributed by atoms with van der Waals surface area (Å²) in [5.74, 6) is 0. The van der Waals surface area contributed by atoms with Gasteiger partial charge in [-0.1, -0.05) is 35.4 Å². The fourth-order valence-electron chi connectivity index (χ4n) is 0.597. The molecule has 0 unspecified atom stereocenters. The van der Waals surface area contributed by atoms with Crippen molar-refractivity contribution in [1.82, 2.24) is 0 Å². The fraction of sp³-hybridized carbons (Fsp3) is 0.143. The van der Waals surface area contributed by atoms with Gasteiger partial charge in [0, 0.05) is 16.5 Å². The first-order valence-corrected chi connectivity index (χ1v) is 3.43. The minimum absolute atomic E-state index is 0.689. The Balaban J connectivity index is 2.82. The SMILES string of the molecule is ClC1=CC=CCC(Cl)=C1. The summed E-state index contributed by atoms with van der Waals surface area (Å²) in [7, 11) is 0. The Hall–Kier alpha value is -0.200. The van der Waals surface area contributed by atoms with Crippen LogP contribution >= 0.6 is 23.2 Å². The molecule has 0 atom stereocenters. The van der Waals surface area contributed by atoms with Gasteiger partial charge in [-0.15, -0.1) is 0 Å². The number of halogens is 2. The van der Waals surface area contributed by atoms with E-state index in [1.807, 2.05) is 18.2 Å². The lowest BCUT2D eigenvalue weighted by Gasteiger charge is -1.86. The van der Waals surface area contributed by atoms with Gasteiger partial charge in [-0.25, -0.2) is 0 Å². The van der Waals surface area contributed by atoms with Gasteiger partial charge >= 0.3 is 0 Å². The van der Waals surface area contributed by atoms with Crippen molar-refractivity contribution in [1.29, 1.82) is 0 Å². The first kappa shape index (κ1) is 6.91. The molecule has 0 aromatic carbocycles. The second kappa shape index (κ2) is 3.09. The molecule has 1 aliphatic carbocycles. The molecular weight excluding hydrogens is 155 g/mol. The van der Waals surface area contributed by atoms with Crippen molar-refractivity contribution in [2.24, 2.45) is 0 Å². The van der Waals surface area contributed by atoms with Gasteiger partial charge < -0.3 is 0 Å². The van der Waals surface area contributed by atoms with Crippen LogP contribution in [0.2, 0.25) is 0 Å². The highest BCUT2D eigenvalue weighted by atomic mass is 35.5. The monoisotopic (exact) mass is 160 g/mol. The summed E-state index contributed by atoms with van der Waals surface area (Å²) in [5, 5.41) is 1.47. The minimum Gasteiger partial charge on any atom is -0.0888 e. The summed E-state index contributed by atoms with van der Waals surface area (Å²) in [6.07, 6.45) is 8.22. The van der Waals surface area contributed by atoms with Gasteiger partial charge in [0.2, 0.25) is 0 Å². The van der Waals surface area contributed by atoms with Crippen LogP contribution in [0.1, 0.15) is 6.42 Å². The maximum atomic E-state index is 5.70. The lowest BCUT2D eigenvalue weighted by molar-refractivity contribution is 1.36. The molecule has 0 saturated heterocycles. The largest absolute Gasteiger partial charge is 0.0888 e. The topological polar surface area (TPSA) is 0 Å². The zero-order valence-electron chi connectivity index (χ0n) is 4.77. The Morgan fingerprint density at radius 2 is 2.11 bits per heavy atom. The Labute approximate surface area is 64.5 Å². The van der Waals surface area contributed by atoms with Gasteiger partial charge in [-0.3, -0.25) is 0 Å². The van der Waals surface area contributed by atoms with Crippen LogP contribution in [0, 0.1) is 0 Å². The molecule has 0 fully saturated rings. The Kier molecular flexibility index (Phi) is 2.38. The molecule has 1 aliphatic rings. The van der Waals surface area contributed by atoms with Crippen LogP contribution in [-0.2, 0) is 0 Å². The van der Waals surface area contributed by atoms with E-state index in [1.165, 1.54) is 0 Å². The molecule has 9 heavy (non-hydrogen) atoms. The number of rotatable bonds is 0. The van der Waals surface area contributed by atoms with E-state index in [4.69, 9.17) is 23.2 Å². The van der Waals surface area contributed by atoms with Crippen LogP contribution in [-0.4, -0.2) is 0 Å². The zero-order valence-corrected chi connectivity index (χ0v) is 6.28. The quantitative estimate of drug-likeness (QED) is 0.511. The standard InChI is InChI=1S/C7H6Cl2/c8-6-3-1-2-4-7(9)5-6/h1-3,5H,4H2. The smallest absolute Gasteiger partial charge is 0.0417 e. The lowest BCUT2D eigenvalue weighted by Crippen LogP contribution is -1.65. The van der Waals surface area contributed by atoms with Crippen LogP contribution in [0.3, 0.4) is 0 Å². The van der Waals surface area contributed by atoms with Crippen LogP contribution in [0.15, 0.2) is 34.4 Å². The molecule has 0 aromatic heterocycles. The first-order valence-electron chi connectivity index (χ1n) is 2.67. The van der Waals surface area contributed by atoms with E-state index in [-0.39, 0.29) is 0 Å². The van der Waals surface area contributed by atoms with Crippen LogP contribution in [0.5, 0.6) is 0 Å². The predicted molar refractivity (Wildman–Crippen MR) is 41.6 cm³/mol. The van der Waals surface area contributed by atoms with Gasteiger partial charge in [0.15, 0.2) is 0 Å². The van der Waals surface area contributed by atoms with Crippen molar-refractivity contribution in [2.45, 2.75) is 6.42 Å². The summed E-state index contributed by atoms with van der Waals surface area (Å²) in [6.45, 7) is 0. The van der Waals surface area contributed by atoms with Crippen LogP contribution in [0.4, 0.5) is 0 Å². The van der Waals surface area contributed by atoms with E-state index in [1.54, 1.807) is 6.08 Å². The molecule has 0 N–H and O–H groups in total. The highest BCUT2D eigenvalue weighted by molar-refractivity contribution is 6.34. The summed E-state index contributed by atoms with van der Waals surface area (Å²) in [5.41, 5.74) is 0. The molecule has 48 valence electrons. The molecule has 0 spiro atoms. The molecule has 0 aliphatic heterocycles. The highest BCUT2D eigenvalue weighted by Gasteiger charge is 1.93. The molecule has 0 bridgehead atoms. The molecule has 0 radical (unpaired) electrons. The van der Waals surface area contributed by atoms with Crippen molar-refractivity contribution >= 4 is 23.2 Å². The van der Waals surface area contributed by atoms with Crippen molar-refractivity contribution in [3.8, 4) is 0 Å². The molecule has 0 aromatic rings. The van der Waals surface area contributed by atoms with E-state index in [0.717, 1.165) is 11.5 Å². The average Bonchev–Trinajstić information content (AvgIpc) is 1.93. The Morgan fingerprint density at radius 1 is 1.33 bits per heavy atom. The van der Waals surface area contributed by atoms with Gasteiger partial charge in [0.05, 0.1) is 0 Å². The molecule has 2 heteroatoms. The number of hydrogen-bond acceptors (Lipinski definition) is 0. The van der Waals surface area contributed by atoms with Gasteiger partial charge in [0.1, 0.15) is 0 Å². The number of allylic oxidation sites excluding steroid dienone is 6. The summed E-state index contributed by atoms with van der Waals surface area (Å²) < 4.78 is 0. The molecule has 1 rings (SSSR count). The Bertz CT molecular complexity index is 187. The molecule has 0 heterocycles. The molecular formula is C7H6Cl2. The highest BCUT2D eigenvalue weighted by Crippen LogP contribution is 2.17. The normalized spacial score (nSPS) is 18.4. The zero-order chi connectivity index (χ0) is 6.69. The molecule has 0 nitrogen and oxygen atoms in total. The van der Waals surface area contributed by atoms with Crippen molar-refractivity contribution in [3.05, 3.63) is 34.4 Å². The summed E-state index contributed by atoms with van der Waals surface area (Å²) >= 11 is 11.4.